The number of ether oxygens (including phenoxy) is 1. The quantitative estimate of drug-likeness (QED) is 0.302. The molecule has 3 aromatic carbocycles. The number of aromatic nitrogens is 1. The standard InChI is InChI=1S/C26H24Cl2N2O4S/c1-17-23(13-14-29-35(32,33)22-10-3-18(16-27)4-11-22)24-15-21(34-2)9-12-25(24)30(17)26(31)19-5-7-20(28)8-6-19/h3-12,15,29H,13-14,16H2,1-2H3. The maximum Gasteiger partial charge on any atom is 0.262 e. The van der Waals surface area contributed by atoms with Gasteiger partial charge < -0.3 is 4.74 Å². The lowest BCUT2D eigenvalue weighted by molar-refractivity contribution is 0.0963. The summed E-state index contributed by atoms with van der Waals surface area (Å²) in [5.41, 5.74) is 3.66. The van der Waals surface area contributed by atoms with Crippen molar-refractivity contribution in [3.63, 3.8) is 0 Å². The van der Waals surface area contributed by atoms with Gasteiger partial charge in [0.1, 0.15) is 5.75 Å². The SMILES string of the molecule is COc1ccc2c(c1)c(CCNS(=O)(=O)c1ccc(CCl)cc1)c(C)n2C(=O)c1ccc(Cl)cc1. The molecule has 0 aliphatic carbocycles. The summed E-state index contributed by atoms with van der Waals surface area (Å²) in [6.07, 6.45) is 0.384. The van der Waals surface area contributed by atoms with Crippen LogP contribution in [-0.4, -0.2) is 32.5 Å². The highest BCUT2D eigenvalue weighted by Gasteiger charge is 2.21. The first kappa shape index (κ1) is 25.3. The largest absolute Gasteiger partial charge is 0.497 e. The number of methoxy groups -OCH3 is 1. The van der Waals surface area contributed by atoms with E-state index in [0.29, 0.717) is 28.6 Å². The van der Waals surface area contributed by atoms with Crippen LogP contribution in [0.1, 0.15) is 27.2 Å². The minimum absolute atomic E-state index is 0.159. The number of carbonyl (C=O) groups excluding carboxylic acids is 1. The first-order valence-electron chi connectivity index (χ1n) is 10.9. The Morgan fingerprint density at radius 3 is 2.34 bits per heavy atom. The van der Waals surface area contributed by atoms with Gasteiger partial charge in [0, 0.05) is 34.1 Å². The molecule has 0 saturated carbocycles. The van der Waals surface area contributed by atoms with Crippen molar-refractivity contribution in [1.82, 2.24) is 9.29 Å². The van der Waals surface area contributed by atoms with Crippen molar-refractivity contribution in [3.8, 4) is 5.75 Å². The molecular formula is C26H24Cl2N2O4S. The second-order valence-corrected chi connectivity index (χ2v) is 10.5. The predicted octanol–water partition coefficient (Wildman–Crippen LogP) is 5.56. The van der Waals surface area contributed by atoms with E-state index in [-0.39, 0.29) is 17.3 Å². The van der Waals surface area contributed by atoms with Crippen LogP contribution in [0.3, 0.4) is 0 Å². The number of sulfonamides is 1. The average molecular weight is 531 g/mol. The fourth-order valence-corrected chi connectivity index (χ4v) is 5.38. The third kappa shape index (κ3) is 5.23. The van der Waals surface area contributed by atoms with Gasteiger partial charge in [-0.05, 0) is 79.1 Å². The third-order valence-corrected chi connectivity index (χ3v) is 7.93. The van der Waals surface area contributed by atoms with Gasteiger partial charge in [-0.15, -0.1) is 11.6 Å². The molecular weight excluding hydrogens is 507 g/mol. The summed E-state index contributed by atoms with van der Waals surface area (Å²) in [6, 6.07) is 18.7. The van der Waals surface area contributed by atoms with Crippen molar-refractivity contribution in [2.75, 3.05) is 13.7 Å². The van der Waals surface area contributed by atoms with E-state index in [1.165, 1.54) is 12.1 Å². The smallest absolute Gasteiger partial charge is 0.262 e. The zero-order chi connectivity index (χ0) is 25.2. The molecule has 0 amide bonds. The molecule has 0 fully saturated rings. The zero-order valence-corrected chi connectivity index (χ0v) is 21.5. The van der Waals surface area contributed by atoms with Gasteiger partial charge in [-0.3, -0.25) is 9.36 Å². The van der Waals surface area contributed by atoms with Crippen molar-refractivity contribution < 1.29 is 17.9 Å². The number of hydrogen-bond donors (Lipinski definition) is 1. The van der Waals surface area contributed by atoms with E-state index in [0.717, 1.165) is 27.7 Å². The number of fused-ring (bicyclic) bond motifs is 1. The molecule has 182 valence electrons. The highest BCUT2D eigenvalue weighted by atomic mass is 35.5. The highest BCUT2D eigenvalue weighted by Crippen LogP contribution is 2.31. The lowest BCUT2D eigenvalue weighted by atomic mass is 10.1. The van der Waals surface area contributed by atoms with Crippen molar-refractivity contribution in [1.29, 1.82) is 0 Å². The third-order valence-electron chi connectivity index (χ3n) is 5.89. The fraction of sp³-hybridized carbons (Fsp3) is 0.192. The summed E-state index contributed by atoms with van der Waals surface area (Å²) in [6.45, 7) is 2.01. The molecule has 6 nitrogen and oxygen atoms in total. The fourth-order valence-electron chi connectivity index (χ4n) is 4.04. The van der Waals surface area contributed by atoms with E-state index in [1.807, 2.05) is 19.1 Å². The van der Waals surface area contributed by atoms with Gasteiger partial charge in [-0.1, -0.05) is 23.7 Å². The first-order chi connectivity index (χ1) is 16.7. The molecule has 1 aromatic heterocycles. The van der Waals surface area contributed by atoms with E-state index >= 15 is 0 Å². The van der Waals surface area contributed by atoms with Crippen LogP contribution in [0.25, 0.3) is 10.9 Å². The minimum Gasteiger partial charge on any atom is -0.497 e. The molecule has 1 N–H and O–H groups in total. The molecule has 35 heavy (non-hydrogen) atoms. The molecule has 0 saturated heterocycles. The number of rotatable bonds is 8. The van der Waals surface area contributed by atoms with Crippen LogP contribution in [0.4, 0.5) is 0 Å². The number of benzene rings is 3. The van der Waals surface area contributed by atoms with E-state index < -0.39 is 10.0 Å². The zero-order valence-electron chi connectivity index (χ0n) is 19.2. The first-order valence-corrected chi connectivity index (χ1v) is 13.3. The molecule has 0 atom stereocenters. The number of halogens is 2. The average Bonchev–Trinajstić information content (AvgIpc) is 3.14. The highest BCUT2D eigenvalue weighted by molar-refractivity contribution is 7.89. The normalized spacial score (nSPS) is 11.7. The monoisotopic (exact) mass is 530 g/mol. The summed E-state index contributed by atoms with van der Waals surface area (Å²) in [5.74, 6) is 0.769. The maximum absolute atomic E-state index is 13.4. The molecule has 9 heteroatoms. The minimum atomic E-state index is -3.69. The summed E-state index contributed by atoms with van der Waals surface area (Å²) in [4.78, 5) is 13.6. The maximum atomic E-state index is 13.4. The number of nitrogens with one attached hydrogen (secondary N) is 1. The Bertz CT molecular complexity index is 1480. The van der Waals surface area contributed by atoms with Crippen LogP contribution in [0.5, 0.6) is 5.75 Å². The van der Waals surface area contributed by atoms with Crippen molar-refractivity contribution in [3.05, 3.63) is 94.1 Å². The Morgan fingerprint density at radius 1 is 1.03 bits per heavy atom. The predicted molar refractivity (Wildman–Crippen MR) is 139 cm³/mol. The summed E-state index contributed by atoms with van der Waals surface area (Å²) < 4.78 is 35.2. The molecule has 4 aromatic rings. The van der Waals surface area contributed by atoms with Gasteiger partial charge in [0.15, 0.2) is 0 Å². The summed E-state index contributed by atoms with van der Waals surface area (Å²) in [5, 5.41) is 1.38. The molecule has 1 heterocycles. The Kier molecular flexibility index (Phi) is 7.52. The lowest BCUT2D eigenvalue weighted by Crippen LogP contribution is -2.26. The van der Waals surface area contributed by atoms with Crippen LogP contribution in [-0.2, 0) is 22.3 Å². The molecule has 0 aliphatic heterocycles. The van der Waals surface area contributed by atoms with Crippen molar-refractivity contribution in [2.24, 2.45) is 0 Å². The van der Waals surface area contributed by atoms with Crippen LogP contribution in [0.2, 0.25) is 5.02 Å². The Morgan fingerprint density at radius 2 is 1.71 bits per heavy atom. The second kappa shape index (κ2) is 10.4. The summed E-state index contributed by atoms with van der Waals surface area (Å²) >= 11 is 11.8. The van der Waals surface area contributed by atoms with Crippen LogP contribution in [0.15, 0.2) is 71.6 Å². The van der Waals surface area contributed by atoms with Crippen LogP contribution in [0, 0.1) is 6.92 Å². The molecule has 4 rings (SSSR count). The van der Waals surface area contributed by atoms with E-state index in [4.69, 9.17) is 27.9 Å². The lowest BCUT2D eigenvalue weighted by Gasteiger charge is -2.09. The van der Waals surface area contributed by atoms with E-state index in [2.05, 4.69) is 4.72 Å². The number of carbonyl (C=O) groups is 1. The number of nitrogens with zero attached hydrogens (tertiary/aromatic N) is 1. The van der Waals surface area contributed by atoms with Crippen LogP contribution >= 0.6 is 23.2 Å². The molecule has 0 bridgehead atoms. The van der Waals surface area contributed by atoms with Gasteiger partial charge in [0.25, 0.3) is 5.91 Å². The Hall–Kier alpha value is -2.84. The van der Waals surface area contributed by atoms with Gasteiger partial charge in [0.2, 0.25) is 10.0 Å². The second-order valence-electron chi connectivity index (χ2n) is 8.02. The van der Waals surface area contributed by atoms with Gasteiger partial charge in [-0.25, -0.2) is 13.1 Å². The van der Waals surface area contributed by atoms with E-state index in [1.54, 1.807) is 54.1 Å². The van der Waals surface area contributed by atoms with Crippen molar-refractivity contribution in [2.45, 2.75) is 24.1 Å². The van der Waals surface area contributed by atoms with Gasteiger partial charge in [-0.2, -0.15) is 0 Å². The number of alkyl halides is 1. The van der Waals surface area contributed by atoms with Gasteiger partial charge >= 0.3 is 0 Å². The Labute approximate surface area is 214 Å². The topological polar surface area (TPSA) is 77.4 Å². The molecule has 0 aliphatic rings. The molecule has 0 radical (unpaired) electrons. The van der Waals surface area contributed by atoms with E-state index in [9.17, 15) is 13.2 Å². The molecule has 0 unspecified atom stereocenters. The van der Waals surface area contributed by atoms with Crippen LogP contribution < -0.4 is 9.46 Å². The Balaban J connectivity index is 1.65. The molecule has 0 spiro atoms. The van der Waals surface area contributed by atoms with Gasteiger partial charge in [0.05, 0.1) is 17.5 Å². The number of hydrogen-bond acceptors (Lipinski definition) is 4. The summed E-state index contributed by atoms with van der Waals surface area (Å²) in [7, 11) is -2.12. The van der Waals surface area contributed by atoms with Crippen molar-refractivity contribution >= 4 is 50.0 Å².